The average Bonchev–Trinajstić information content (AvgIpc) is 2.33. The van der Waals surface area contributed by atoms with Crippen molar-refractivity contribution in [3.8, 4) is 0 Å². The molecule has 2 heterocycles. The van der Waals surface area contributed by atoms with Crippen LogP contribution in [0.3, 0.4) is 0 Å². The highest BCUT2D eigenvalue weighted by molar-refractivity contribution is 6.30. The summed E-state index contributed by atoms with van der Waals surface area (Å²) in [5, 5.41) is 3.38. The number of nitrogens with two attached hydrogens (primary N) is 1. The highest BCUT2D eigenvalue weighted by atomic mass is 35.5. The third-order valence-corrected chi connectivity index (χ3v) is 2.79. The van der Waals surface area contributed by atoms with Gasteiger partial charge in [0.05, 0.1) is 24.6 Å². The van der Waals surface area contributed by atoms with Crippen molar-refractivity contribution >= 4 is 28.8 Å². The number of anilines is 3. The minimum atomic E-state index is 0.444. The molecule has 2 rings (SSSR count). The summed E-state index contributed by atoms with van der Waals surface area (Å²) in [5.74, 6) is 0.619. The topological polar surface area (TPSA) is 63.4 Å². The van der Waals surface area contributed by atoms with E-state index in [1.165, 1.54) is 0 Å². The van der Waals surface area contributed by atoms with Crippen molar-refractivity contribution in [2.45, 2.75) is 0 Å². The van der Waals surface area contributed by atoms with E-state index in [2.05, 4.69) is 15.2 Å². The zero-order valence-corrected chi connectivity index (χ0v) is 9.92. The van der Waals surface area contributed by atoms with Gasteiger partial charge >= 0.3 is 0 Å². The number of nitrogens with one attached hydrogen (secondary N) is 1. The Morgan fingerprint density at radius 1 is 1.50 bits per heavy atom. The molecule has 0 bridgehead atoms. The van der Waals surface area contributed by atoms with Gasteiger partial charge in [0, 0.05) is 26.2 Å². The zero-order valence-electron chi connectivity index (χ0n) is 9.16. The molecule has 1 aliphatic heterocycles. The molecule has 0 unspecified atom stereocenters. The van der Waals surface area contributed by atoms with Crippen LogP contribution in [-0.4, -0.2) is 38.3 Å². The molecule has 16 heavy (non-hydrogen) atoms. The van der Waals surface area contributed by atoms with E-state index in [0.717, 1.165) is 18.8 Å². The van der Waals surface area contributed by atoms with Gasteiger partial charge in [-0.1, -0.05) is 11.6 Å². The fraction of sp³-hybridized carbons (Fsp3) is 0.500. The number of hydrogen-bond donors (Lipinski definition) is 2. The third kappa shape index (κ3) is 2.15. The van der Waals surface area contributed by atoms with E-state index in [1.54, 1.807) is 13.1 Å². The molecule has 0 amide bonds. The monoisotopic (exact) mass is 242 g/mol. The second-order valence-corrected chi connectivity index (χ2v) is 3.96. The first-order valence-corrected chi connectivity index (χ1v) is 5.56. The molecule has 3 N–H and O–H groups in total. The standard InChI is InChI=1S/C10H15ClN4O/c1-13-10-9(12)7(6-8(11)14-10)15-2-4-16-5-3-15/h6H,2-5,12H2,1H3,(H,13,14). The minimum absolute atomic E-state index is 0.444. The number of halogens is 1. The first kappa shape index (κ1) is 11.3. The summed E-state index contributed by atoms with van der Waals surface area (Å²) in [4.78, 5) is 6.28. The first-order valence-electron chi connectivity index (χ1n) is 5.19. The lowest BCUT2D eigenvalue weighted by Gasteiger charge is -2.30. The highest BCUT2D eigenvalue weighted by Crippen LogP contribution is 2.31. The quantitative estimate of drug-likeness (QED) is 0.763. The Morgan fingerprint density at radius 3 is 2.81 bits per heavy atom. The van der Waals surface area contributed by atoms with E-state index in [4.69, 9.17) is 22.1 Å². The molecule has 0 spiro atoms. The fourth-order valence-electron chi connectivity index (χ4n) is 1.77. The summed E-state index contributed by atoms with van der Waals surface area (Å²) in [6, 6.07) is 1.79. The van der Waals surface area contributed by atoms with Gasteiger partial charge in [-0.15, -0.1) is 0 Å². The molecule has 0 aromatic carbocycles. The predicted octanol–water partition coefficient (Wildman–Crippen LogP) is 1.20. The minimum Gasteiger partial charge on any atom is -0.394 e. The van der Waals surface area contributed by atoms with Crippen LogP contribution in [0.5, 0.6) is 0 Å². The van der Waals surface area contributed by atoms with Crippen molar-refractivity contribution in [2.24, 2.45) is 0 Å². The Hall–Kier alpha value is -1.20. The molecule has 1 aliphatic rings. The number of nitrogen functional groups attached to an aromatic ring is 1. The van der Waals surface area contributed by atoms with E-state index < -0.39 is 0 Å². The normalized spacial score (nSPS) is 16.2. The molecule has 0 saturated carbocycles. The summed E-state index contributed by atoms with van der Waals surface area (Å²) in [5.41, 5.74) is 7.58. The van der Waals surface area contributed by atoms with Crippen molar-refractivity contribution in [3.63, 3.8) is 0 Å². The Labute approximate surface area is 99.5 Å². The second-order valence-electron chi connectivity index (χ2n) is 3.58. The van der Waals surface area contributed by atoms with Crippen molar-refractivity contribution in [2.75, 3.05) is 49.3 Å². The molecule has 1 saturated heterocycles. The fourth-order valence-corrected chi connectivity index (χ4v) is 1.96. The van der Waals surface area contributed by atoms with Gasteiger partial charge in [0.1, 0.15) is 5.15 Å². The van der Waals surface area contributed by atoms with Crippen LogP contribution in [0.2, 0.25) is 5.15 Å². The smallest absolute Gasteiger partial charge is 0.152 e. The number of morpholine rings is 1. The Morgan fingerprint density at radius 2 is 2.19 bits per heavy atom. The van der Waals surface area contributed by atoms with Crippen molar-refractivity contribution in [1.82, 2.24) is 4.98 Å². The molecule has 88 valence electrons. The maximum Gasteiger partial charge on any atom is 0.152 e. The summed E-state index contributed by atoms with van der Waals surface area (Å²) in [7, 11) is 1.78. The lowest BCUT2D eigenvalue weighted by Crippen LogP contribution is -2.36. The summed E-state index contributed by atoms with van der Waals surface area (Å²) < 4.78 is 5.30. The molecule has 6 heteroatoms. The van der Waals surface area contributed by atoms with Gasteiger partial charge in [0.2, 0.25) is 0 Å². The molecule has 5 nitrogen and oxygen atoms in total. The largest absolute Gasteiger partial charge is 0.394 e. The zero-order chi connectivity index (χ0) is 11.5. The first-order chi connectivity index (χ1) is 7.72. The van der Waals surface area contributed by atoms with Crippen molar-refractivity contribution in [1.29, 1.82) is 0 Å². The van der Waals surface area contributed by atoms with Crippen LogP contribution in [0.1, 0.15) is 0 Å². The molecule has 1 fully saturated rings. The molecular weight excluding hydrogens is 228 g/mol. The third-order valence-electron chi connectivity index (χ3n) is 2.59. The molecule has 0 atom stereocenters. The van der Waals surface area contributed by atoms with Crippen molar-refractivity contribution in [3.05, 3.63) is 11.2 Å². The van der Waals surface area contributed by atoms with E-state index in [9.17, 15) is 0 Å². The van der Waals surface area contributed by atoms with Crippen molar-refractivity contribution < 1.29 is 4.74 Å². The molecule has 1 aromatic heterocycles. The maximum atomic E-state index is 6.03. The van der Waals surface area contributed by atoms with Crippen LogP contribution in [-0.2, 0) is 4.74 Å². The molecule has 1 aromatic rings. The van der Waals surface area contributed by atoms with E-state index in [-0.39, 0.29) is 0 Å². The summed E-state index contributed by atoms with van der Waals surface area (Å²) in [6.45, 7) is 3.09. The van der Waals surface area contributed by atoms with Crippen LogP contribution in [0.15, 0.2) is 6.07 Å². The number of pyridine rings is 1. The Balaban J connectivity index is 2.34. The van der Waals surface area contributed by atoms with Gasteiger partial charge in [-0.3, -0.25) is 0 Å². The Bertz CT molecular complexity index is 379. The Kier molecular flexibility index (Phi) is 3.36. The van der Waals surface area contributed by atoms with E-state index in [1.807, 2.05) is 0 Å². The van der Waals surface area contributed by atoms with Crippen LogP contribution in [0, 0.1) is 0 Å². The van der Waals surface area contributed by atoms with E-state index in [0.29, 0.717) is 29.9 Å². The van der Waals surface area contributed by atoms with Gasteiger partial charge in [-0.25, -0.2) is 4.98 Å². The number of nitrogens with zero attached hydrogens (tertiary/aromatic N) is 2. The molecule has 0 aliphatic carbocycles. The van der Waals surface area contributed by atoms with Gasteiger partial charge in [-0.2, -0.15) is 0 Å². The SMILES string of the molecule is CNc1nc(Cl)cc(N2CCOCC2)c1N. The highest BCUT2D eigenvalue weighted by Gasteiger charge is 2.17. The molecular formula is C10H15ClN4O. The summed E-state index contributed by atoms with van der Waals surface area (Å²) >= 11 is 5.96. The predicted molar refractivity (Wildman–Crippen MR) is 66.2 cm³/mol. The van der Waals surface area contributed by atoms with Crippen LogP contribution in [0.25, 0.3) is 0 Å². The number of hydrogen-bond acceptors (Lipinski definition) is 5. The van der Waals surface area contributed by atoms with Gasteiger partial charge in [-0.05, 0) is 0 Å². The lowest BCUT2D eigenvalue weighted by atomic mass is 10.2. The summed E-state index contributed by atoms with van der Waals surface area (Å²) in [6.07, 6.45) is 0. The second kappa shape index (κ2) is 4.76. The van der Waals surface area contributed by atoms with Crippen LogP contribution in [0.4, 0.5) is 17.2 Å². The number of rotatable bonds is 2. The van der Waals surface area contributed by atoms with Crippen LogP contribution < -0.4 is 16.0 Å². The van der Waals surface area contributed by atoms with Gasteiger partial charge in [0.25, 0.3) is 0 Å². The average molecular weight is 243 g/mol. The number of ether oxygens (including phenoxy) is 1. The number of aromatic nitrogens is 1. The maximum absolute atomic E-state index is 6.03. The van der Waals surface area contributed by atoms with Crippen LogP contribution >= 0.6 is 11.6 Å². The van der Waals surface area contributed by atoms with Gasteiger partial charge in [0.15, 0.2) is 5.82 Å². The van der Waals surface area contributed by atoms with E-state index >= 15 is 0 Å². The lowest BCUT2D eigenvalue weighted by molar-refractivity contribution is 0.123. The molecule has 0 radical (unpaired) electrons. The van der Waals surface area contributed by atoms with Gasteiger partial charge < -0.3 is 20.7 Å².